The van der Waals surface area contributed by atoms with Crippen LogP contribution in [0, 0.1) is 0 Å². The highest BCUT2D eigenvalue weighted by molar-refractivity contribution is 5.94. The number of carbonyl (C=O) groups is 2. The molecule has 0 spiro atoms. The molecule has 3 aromatic rings. The lowest BCUT2D eigenvalue weighted by Gasteiger charge is -2.12. The molecule has 0 unspecified atom stereocenters. The largest absolute Gasteiger partial charge is 0.497 e. The molecule has 0 fully saturated rings. The fraction of sp³-hybridized carbons (Fsp3) is 0.200. The molecule has 10 heteroatoms. The molecular formula is C20H19N3O7. The summed E-state index contributed by atoms with van der Waals surface area (Å²) in [4.78, 5) is 48.6. The van der Waals surface area contributed by atoms with Gasteiger partial charge in [0.2, 0.25) is 0 Å². The summed E-state index contributed by atoms with van der Waals surface area (Å²) < 4.78 is 16.0. The van der Waals surface area contributed by atoms with Crippen LogP contribution < -0.4 is 25.9 Å². The zero-order valence-electron chi connectivity index (χ0n) is 16.3. The average Bonchev–Trinajstić information content (AvgIpc) is 2.76. The standard InChI is InChI=1S/C20H19N3O7/c1-28-12-7-8-15(16(9-12)29-2)21-17(24)11-30-18(25)10-23-20(27)14-6-4-3-5-13(14)19(26)22-23/h3-9H,10-11H2,1-2H3,(H,21,24)(H,22,26). The number of aromatic nitrogens is 2. The molecular weight excluding hydrogens is 394 g/mol. The Bertz CT molecular complexity index is 1210. The van der Waals surface area contributed by atoms with Crippen molar-refractivity contribution in [1.29, 1.82) is 0 Å². The molecule has 0 bridgehead atoms. The molecule has 1 heterocycles. The number of amides is 1. The summed E-state index contributed by atoms with van der Waals surface area (Å²) in [5.74, 6) is -0.550. The molecule has 156 valence electrons. The lowest BCUT2D eigenvalue weighted by atomic mass is 10.2. The Labute approximate surface area is 170 Å². The predicted octanol–water partition coefficient (Wildman–Crippen LogP) is 0.889. The fourth-order valence-electron chi connectivity index (χ4n) is 2.77. The number of H-pyrrole nitrogens is 1. The third kappa shape index (κ3) is 4.49. The van der Waals surface area contributed by atoms with E-state index in [1.54, 1.807) is 30.3 Å². The predicted molar refractivity (Wildman–Crippen MR) is 108 cm³/mol. The lowest BCUT2D eigenvalue weighted by Crippen LogP contribution is -2.33. The molecule has 30 heavy (non-hydrogen) atoms. The van der Waals surface area contributed by atoms with Gasteiger partial charge in [0.05, 0.1) is 30.7 Å². The van der Waals surface area contributed by atoms with E-state index in [4.69, 9.17) is 14.2 Å². The van der Waals surface area contributed by atoms with Gasteiger partial charge in [-0.25, -0.2) is 4.68 Å². The van der Waals surface area contributed by atoms with Crippen molar-refractivity contribution in [2.75, 3.05) is 26.1 Å². The van der Waals surface area contributed by atoms with E-state index < -0.39 is 36.1 Å². The van der Waals surface area contributed by atoms with Crippen molar-refractivity contribution in [3.05, 3.63) is 63.2 Å². The number of anilines is 1. The lowest BCUT2D eigenvalue weighted by molar-refractivity contribution is -0.148. The van der Waals surface area contributed by atoms with Crippen LogP contribution in [0.15, 0.2) is 52.1 Å². The second-order valence-corrected chi connectivity index (χ2v) is 6.15. The maximum Gasteiger partial charge on any atom is 0.328 e. The van der Waals surface area contributed by atoms with Gasteiger partial charge in [0.25, 0.3) is 17.0 Å². The summed E-state index contributed by atoms with van der Waals surface area (Å²) in [6.07, 6.45) is 0. The van der Waals surface area contributed by atoms with Gasteiger partial charge < -0.3 is 19.5 Å². The summed E-state index contributed by atoms with van der Waals surface area (Å²) in [5.41, 5.74) is -0.689. The van der Waals surface area contributed by atoms with Crippen molar-refractivity contribution in [2.45, 2.75) is 6.54 Å². The zero-order chi connectivity index (χ0) is 21.7. The van der Waals surface area contributed by atoms with Crippen LogP contribution in [0.5, 0.6) is 11.5 Å². The number of aromatic amines is 1. The Morgan fingerprint density at radius 2 is 1.77 bits per heavy atom. The average molecular weight is 413 g/mol. The summed E-state index contributed by atoms with van der Waals surface area (Å²) in [6.45, 7) is -1.13. The van der Waals surface area contributed by atoms with Crippen molar-refractivity contribution in [1.82, 2.24) is 9.78 Å². The number of esters is 1. The van der Waals surface area contributed by atoms with Gasteiger partial charge in [-0.15, -0.1) is 0 Å². The number of nitrogens with zero attached hydrogens (tertiary/aromatic N) is 1. The Hall–Kier alpha value is -4.08. The van der Waals surface area contributed by atoms with Crippen LogP contribution in [0.3, 0.4) is 0 Å². The number of nitrogens with one attached hydrogen (secondary N) is 2. The Morgan fingerprint density at radius 3 is 2.47 bits per heavy atom. The molecule has 0 atom stereocenters. The van der Waals surface area contributed by atoms with Gasteiger partial charge in [-0.1, -0.05) is 12.1 Å². The molecule has 10 nitrogen and oxygen atoms in total. The number of hydrogen-bond donors (Lipinski definition) is 2. The highest BCUT2D eigenvalue weighted by Gasteiger charge is 2.14. The monoisotopic (exact) mass is 413 g/mol. The molecule has 1 amide bonds. The number of rotatable bonds is 7. The number of methoxy groups -OCH3 is 2. The number of hydrogen-bond acceptors (Lipinski definition) is 7. The first kappa shape index (κ1) is 20.6. The van der Waals surface area contributed by atoms with Gasteiger partial charge >= 0.3 is 5.97 Å². The van der Waals surface area contributed by atoms with E-state index >= 15 is 0 Å². The normalized spacial score (nSPS) is 10.5. The van der Waals surface area contributed by atoms with Crippen LogP contribution in [0.2, 0.25) is 0 Å². The summed E-state index contributed by atoms with van der Waals surface area (Å²) in [5, 5.41) is 5.28. The van der Waals surface area contributed by atoms with Gasteiger partial charge in [0.15, 0.2) is 6.61 Å². The van der Waals surface area contributed by atoms with Crippen LogP contribution in [0.1, 0.15) is 0 Å². The zero-order valence-corrected chi connectivity index (χ0v) is 16.3. The number of benzene rings is 2. The third-order valence-corrected chi connectivity index (χ3v) is 4.22. The summed E-state index contributed by atoms with van der Waals surface area (Å²) >= 11 is 0. The minimum Gasteiger partial charge on any atom is -0.497 e. The van der Waals surface area contributed by atoms with E-state index in [9.17, 15) is 19.2 Å². The van der Waals surface area contributed by atoms with Crippen LogP contribution in [-0.2, 0) is 20.9 Å². The molecule has 2 N–H and O–H groups in total. The molecule has 1 aromatic heterocycles. The molecule has 0 aliphatic carbocycles. The van der Waals surface area contributed by atoms with Gasteiger partial charge in [-0.2, -0.15) is 0 Å². The van der Waals surface area contributed by atoms with Crippen molar-refractivity contribution >= 4 is 28.3 Å². The number of fused-ring (bicyclic) bond motifs is 1. The molecule has 0 aliphatic rings. The Balaban J connectivity index is 1.63. The third-order valence-electron chi connectivity index (χ3n) is 4.22. The fourth-order valence-corrected chi connectivity index (χ4v) is 2.77. The SMILES string of the molecule is COc1ccc(NC(=O)COC(=O)Cn2[nH]c(=O)c3ccccc3c2=O)c(OC)c1. The minimum atomic E-state index is -0.861. The van der Waals surface area contributed by atoms with E-state index in [1.807, 2.05) is 0 Å². The molecule has 0 radical (unpaired) electrons. The highest BCUT2D eigenvalue weighted by atomic mass is 16.5. The minimum absolute atomic E-state index is 0.179. The second kappa shape index (κ2) is 8.95. The quantitative estimate of drug-likeness (QED) is 0.550. The first-order chi connectivity index (χ1) is 14.4. The topological polar surface area (TPSA) is 129 Å². The first-order valence-electron chi connectivity index (χ1n) is 8.82. The Morgan fingerprint density at radius 1 is 1.03 bits per heavy atom. The van der Waals surface area contributed by atoms with E-state index in [-0.39, 0.29) is 10.8 Å². The molecule has 3 rings (SSSR count). The van der Waals surface area contributed by atoms with Crippen LogP contribution in [0.25, 0.3) is 10.8 Å². The van der Waals surface area contributed by atoms with E-state index in [2.05, 4.69) is 10.4 Å². The summed E-state index contributed by atoms with van der Waals surface area (Å²) in [6, 6.07) is 11.0. The van der Waals surface area contributed by atoms with Crippen molar-refractivity contribution in [3.8, 4) is 11.5 Å². The van der Waals surface area contributed by atoms with Gasteiger partial charge in [-0.05, 0) is 24.3 Å². The van der Waals surface area contributed by atoms with Gasteiger partial charge in [0, 0.05) is 6.07 Å². The molecule has 2 aromatic carbocycles. The van der Waals surface area contributed by atoms with Crippen LogP contribution in [0.4, 0.5) is 5.69 Å². The van der Waals surface area contributed by atoms with Gasteiger partial charge in [-0.3, -0.25) is 24.3 Å². The Kier molecular flexibility index (Phi) is 6.16. The van der Waals surface area contributed by atoms with E-state index in [0.717, 1.165) is 4.68 Å². The highest BCUT2D eigenvalue weighted by Crippen LogP contribution is 2.28. The maximum absolute atomic E-state index is 12.4. The molecule has 0 aliphatic heterocycles. The molecule has 0 saturated carbocycles. The van der Waals surface area contributed by atoms with E-state index in [0.29, 0.717) is 17.2 Å². The van der Waals surface area contributed by atoms with Crippen molar-refractivity contribution in [3.63, 3.8) is 0 Å². The van der Waals surface area contributed by atoms with E-state index in [1.165, 1.54) is 26.4 Å². The smallest absolute Gasteiger partial charge is 0.328 e. The van der Waals surface area contributed by atoms with Crippen LogP contribution >= 0.6 is 0 Å². The number of carbonyl (C=O) groups excluding carboxylic acids is 2. The first-order valence-corrected chi connectivity index (χ1v) is 8.82. The van der Waals surface area contributed by atoms with Crippen molar-refractivity contribution < 1.29 is 23.8 Å². The van der Waals surface area contributed by atoms with Crippen molar-refractivity contribution in [2.24, 2.45) is 0 Å². The second-order valence-electron chi connectivity index (χ2n) is 6.15. The van der Waals surface area contributed by atoms with Gasteiger partial charge in [0.1, 0.15) is 18.0 Å². The molecule has 0 saturated heterocycles. The summed E-state index contributed by atoms with van der Waals surface area (Å²) in [7, 11) is 2.94. The maximum atomic E-state index is 12.4. The number of ether oxygens (including phenoxy) is 3. The van der Waals surface area contributed by atoms with Crippen LogP contribution in [-0.4, -0.2) is 42.5 Å².